The van der Waals surface area contributed by atoms with E-state index in [1.54, 1.807) is 42.5 Å². The van der Waals surface area contributed by atoms with E-state index in [-0.39, 0.29) is 10.7 Å². The van der Waals surface area contributed by atoms with E-state index in [9.17, 15) is 17.6 Å². The van der Waals surface area contributed by atoms with Crippen LogP contribution in [0.1, 0.15) is 10.4 Å². The van der Waals surface area contributed by atoms with Crippen molar-refractivity contribution < 1.29 is 17.6 Å². The summed E-state index contributed by atoms with van der Waals surface area (Å²) in [6.45, 7) is 0. The van der Waals surface area contributed by atoms with Crippen LogP contribution in [-0.4, -0.2) is 30.9 Å². The second kappa shape index (κ2) is 7.68. The van der Waals surface area contributed by atoms with E-state index in [0.717, 1.165) is 12.5 Å². The Kier molecular flexibility index (Phi) is 5.05. The van der Waals surface area contributed by atoms with Crippen molar-refractivity contribution in [3.63, 3.8) is 0 Å². The third-order valence-corrected chi connectivity index (χ3v) is 5.86. The van der Waals surface area contributed by atoms with E-state index in [1.807, 2.05) is 6.07 Å². The van der Waals surface area contributed by atoms with Gasteiger partial charge in [-0.05, 0) is 36.4 Å². The maximum absolute atomic E-state index is 13.4. The number of halogens is 1. The number of benzene rings is 3. The minimum atomic E-state index is -3.32. The number of carbonyl (C=O) groups is 1. The first-order valence-electron chi connectivity index (χ1n) is 9.08. The number of hydrogen-bond acceptors (Lipinski definition) is 4. The molecule has 0 aliphatic heterocycles. The van der Waals surface area contributed by atoms with Crippen LogP contribution in [0.4, 0.5) is 4.39 Å². The van der Waals surface area contributed by atoms with Crippen molar-refractivity contribution in [1.82, 2.24) is 9.97 Å². The number of nitrogens with one attached hydrogen (secondary N) is 1. The van der Waals surface area contributed by atoms with Crippen LogP contribution in [0.3, 0.4) is 0 Å². The van der Waals surface area contributed by atoms with E-state index in [2.05, 4.69) is 4.98 Å². The number of aromatic nitrogens is 2. The van der Waals surface area contributed by atoms with Crippen LogP contribution in [0.5, 0.6) is 0 Å². The lowest BCUT2D eigenvalue weighted by molar-refractivity contribution is 0.112. The molecule has 0 atom stereocenters. The smallest absolute Gasteiger partial charge is 0.175 e. The normalized spacial score (nSPS) is 11.4. The van der Waals surface area contributed by atoms with E-state index >= 15 is 0 Å². The first kappa shape index (κ1) is 19.7. The average molecular weight is 420 g/mol. The van der Waals surface area contributed by atoms with Crippen LogP contribution in [0.25, 0.3) is 33.9 Å². The molecule has 150 valence electrons. The summed E-state index contributed by atoms with van der Waals surface area (Å²) in [5.41, 5.74) is 3.72. The number of rotatable bonds is 5. The van der Waals surface area contributed by atoms with Gasteiger partial charge in [-0.25, -0.2) is 17.8 Å². The molecule has 0 amide bonds. The lowest BCUT2D eigenvalue weighted by atomic mass is 10.1. The lowest BCUT2D eigenvalue weighted by Gasteiger charge is -2.04. The zero-order chi connectivity index (χ0) is 21.3. The van der Waals surface area contributed by atoms with Crippen LogP contribution in [0.15, 0.2) is 77.7 Å². The van der Waals surface area contributed by atoms with Crippen molar-refractivity contribution in [3.05, 3.63) is 84.2 Å². The number of sulfone groups is 1. The second-order valence-corrected chi connectivity index (χ2v) is 8.83. The summed E-state index contributed by atoms with van der Waals surface area (Å²) in [4.78, 5) is 19.6. The van der Waals surface area contributed by atoms with Gasteiger partial charge in [0.25, 0.3) is 0 Å². The Morgan fingerprint density at radius 1 is 0.900 bits per heavy atom. The van der Waals surface area contributed by atoms with Crippen LogP contribution in [-0.2, 0) is 9.84 Å². The molecular weight excluding hydrogens is 403 g/mol. The molecule has 0 radical (unpaired) electrons. The molecule has 4 rings (SSSR count). The Labute approximate surface area is 173 Å². The van der Waals surface area contributed by atoms with Crippen molar-refractivity contribution in [3.8, 4) is 33.9 Å². The average Bonchev–Trinajstić information content (AvgIpc) is 3.19. The third-order valence-electron chi connectivity index (χ3n) is 4.74. The van der Waals surface area contributed by atoms with Crippen LogP contribution in [0.2, 0.25) is 0 Å². The monoisotopic (exact) mass is 420 g/mol. The van der Waals surface area contributed by atoms with E-state index in [0.29, 0.717) is 39.5 Å². The summed E-state index contributed by atoms with van der Waals surface area (Å²) < 4.78 is 37.0. The standard InChI is InChI=1S/C23H17FN2O3S/c1-30(28,29)19-12-8-16(9-13-19)22-21(15-6-10-18(24)11-7-15)25-23(26-22)20-5-3-2-4-17(20)14-27/h2-14H,1H3,(H,25,26). The second-order valence-electron chi connectivity index (χ2n) is 6.82. The Morgan fingerprint density at radius 2 is 1.53 bits per heavy atom. The summed E-state index contributed by atoms with van der Waals surface area (Å²) in [6, 6.07) is 19.4. The van der Waals surface area contributed by atoms with E-state index < -0.39 is 9.84 Å². The molecule has 0 bridgehead atoms. The Balaban J connectivity index is 1.91. The van der Waals surface area contributed by atoms with Gasteiger partial charge in [-0.3, -0.25) is 4.79 Å². The van der Waals surface area contributed by atoms with E-state index in [4.69, 9.17) is 4.98 Å². The predicted octanol–water partition coefficient (Wildman–Crippen LogP) is 4.77. The zero-order valence-electron chi connectivity index (χ0n) is 16.0. The predicted molar refractivity (Wildman–Crippen MR) is 113 cm³/mol. The number of aldehydes is 1. The number of nitrogens with zero attached hydrogens (tertiary/aromatic N) is 1. The molecule has 1 heterocycles. The quantitative estimate of drug-likeness (QED) is 0.472. The Morgan fingerprint density at radius 3 is 2.17 bits per heavy atom. The number of hydrogen-bond donors (Lipinski definition) is 1. The topological polar surface area (TPSA) is 79.9 Å². The highest BCUT2D eigenvalue weighted by molar-refractivity contribution is 7.90. The lowest BCUT2D eigenvalue weighted by Crippen LogP contribution is -1.96. The molecule has 0 spiro atoms. The number of imidazole rings is 1. The SMILES string of the molecule is CS(=O)(=O)c1ccc(-c2nc(-c3ccccc3C=O)[nH]c2-c2ccc(F)cc2)cc1. The molecule has 0 fully saturated rings. The van der Waals surface area contributed by atoms with E-state index in [1.165, 1.54) is 24.3 Å². The molecular formula is C23H17FN2O3S. The van der Waals surface area contributed by atoms with Crippen molar-refractivity contribution in [2.75, 3.05) is 6.26 Å². The minimum absolute atomic E-state index is 0.205. The van der Waals surface area contributed by atoms with Crippen LogP contribution < -0.4 is 0 Å². The van der Waals surface area contributed by atoms with Gasteiger partial charge in [0.15, 0.2) is 16.1 Å². The first-order valence-corrected chi connectivity index (χ1v) is 11.0. The van der Waals surface area contributed by atoms with Gasteiger partial charge >= 0.3 is 0 Å². The fourth-order valence-corrected chi connectivity index (χ4v) is 3.84. The summed E-state index contributed by atoms with van der Waals surface area (Å²) in [5.74, 6) is 0.128. The molecule has 1 N–H and O–H groups in total. The highest BCUT2D eigenvalue weighted by atomic mass is 32.2. The van der Waals surface area contributed by atoms with Crippen molar-refractivity contribution in [2.24, 2.45) is 0 Å². The summed E-state index contributed by atoms with van der Waals surface area (Å²) in [7, 11) is -3.32. The fourth-order valence-electron chi connectivity index (χ4n) is 3.21. The van der Waals surface area contributed by atoms with Crippen LogP contribution in [0, 0.1) is 5.82 Å². The molecule has 0 saturated carbocycles. The van der Waals surface area contributed by atoms with Gasteiger partial charge in [0.05, 0.1) is 16.3 Å². The summed E-state index contributed by atoms with van der Waals surface area (Å²) >= 11 is 0. The highest BCUT2D eigenvalue weighted by Gasteiger charge is 2.18. The molecule has 30 heavy (non-hydrogen) atoms. The van der Waals surface area contributed by atoms with Gasteiger partial charge in [0.2, 0.25) is 0 Å². The van der Waals surface area contributed by atoms with Crippen molar-refractivity contribution in [2.45, 2.75) is 4.90 Å². The number of aromatic amines is 1. The molecule has 0 saturated heterocycles. The van der Waals surface area contributed by atoms with Gasteiger partial charge in [-0.1, -0.05) is 36.4 Å². The summed E-state index contributed by atoms with van der Waals surface area (Å²) in [6.07, 6.45) is 1.91. The zero-order valence-corrected chi connectivity index (χ0v) is 16.8. The van der Waals surface area contributed by atoms with Gasteiger partial charge in [-0.15, -0.1) is 0 Å². The molecule has 0 unspecified atom stereocenters. The van der Waals surface area contributed by atoms with Crippen molar-refractivity contribution in [1.29, 1.82) is 0 Å². The molecule has 4 aromatic rings. The van der Waals surface area contributed by atoms with Gasteiger partial charge in [-0.2, -0.15) is 0 Å². The number of carbonyl (C=O) groups excluding carboxylic acids is 1. The fraction of sp³-hybridized carbons (Fsp3) is 0.0435. The van der Waals surface area contributed by atoms with Gasteiger partial charge in [0, 0.05) is 28.5 Å². The van der Waals surface area contributed by atoms with Gasteiger partial charge in [0.1, 0.15) is 11.6 Å². The Bertz CT molecular complexity index is 1330. The third kappa shape index (κ3) is 3.79. The summed E-state index contributed by atoms with van der Waals surface area (Å²) in [5, 5.41) is 0. The highest BCUT2D eigenvalue weighted by Crippen LogP contribution is 2.34. The number of H-pyrrole nitrogens is 1. The van der Waals surface area contributed by atoms with Gasteiger partial charge < -0.3 is 4.98 Å². The van der Waals surface area contributed by atoms with Crippen molar-refractivity contribution >= 4 is 16.1 Å². The maximum atomic E-state index is 13.4. The molecule has 1 aromatic heterocycles. The molecule has 0 aliphatic carbocycles. The largest absolute Gasteiger partial charge is 0.337 e. The molecule has 0 aliphatic rings. The molecule has 3 aromatic carbocycles. The maximum Gasteiger partial charge on any atom is 0.175 e. The molecule has 5 nitrogen and oxygen atoms in total. The molecule has 7 heteroatoms. The first-order chi connectivity index (χ1) is 14.4. The minimum Gasteiger partial charge on any atom is -0.337 e. The van der Waals surface area contributed by atoms with Crippen LogP contribution >= 0.6 is 0 Å². The Hall–Kier alpha value is -3.58.